The van der Waals surface area contributed by atoms with E-state index >= 15 is 0 Å². The first-order valence-corrected chi connectivity index (χ1v) is 7.40. The smallest absolute Gasteiger partial charge is 0.313 e. The van der Waals surface area contributed by atoms with Gasteiger partial charge < -0.3 is 10.4 Å². The average Bonchev–Trinajstić information content (AvgIpc) is 2.31. The quantitative estimate of drug-likeness (QED) is 0.809. The Bertz CT molecular complexity index is 468. The van der Waals surface area contributed by atoms with E-state index in [0.717, 1.165) is 17.3 Å². The Morgan fingerprint density at radius 3 is 2.63 bits per heavy atom. The second-order valence-electron chi connectivity index (χ2n) is 3.72. The second-order valence-corrected chi connectivity index (χ2v) is 5.55. The van der Waals surface area contributed by atoms with Crippen LogP contribution < -0.4 is 5.32 Å². The Balaban J connectivity index is 2.26. The predicted molar refractivity (Wildman–Crippen MR) is 78.1 cm³/mol. The lowest BCUT2D eigenvalue weighted by molar-refractivity contribution is -0.133. The minimum atomic E-state index is -0.925. The number of hydrogen-bond donors (Lipinski definition) is 2. The van der Waals surface area contributed by atoms with Crippen LogP contribution in [0.15, 0.2) is 18.2 Å². The van der Waals surface area contributed by atoms with Crippen LogP contribution in [0.4, 0.5) is 0 Å². The van der Waals surface area contributed by atoms with Crippen LogP contribution in [0.1, 0.15) is 5.56 Å². The Morgan fingerprint density at radius 1 is 1.26 bits per heavy atom. The Kier molecular flexibility index (Phi) is 7.05. The van der Waals surface area contributed by atoms with Crippen molar-refractivity contribution in [2.24, 2.45) is 0 Å². The van der Waals surface area contributed by atoms with Gasteiger partial charge in [-0.3, -0.25) is 9.59 Å². The summed E-state index contributed by atoms with van der Waals surface area (Å²) in [6.07, 6.45) is 0.603. The van der Waals surface area contributed by atoms with Crippen LogP contribution in [0.3, 0.4) is 0 Å². The number of carboxylic acid groups (broad SMARTS) is 1. The molecule has 0 saturated heterocycles. The van der Waals surface area contributed by atoms with Crippen LogP contribution in [-0.2, 0) is 16.0 Å². The van der Waals surface area contributed by atoms with Crippen molar-refractivity contribution in [1.82, 2.24) is 5.32 Å². The van der Waals surface area contributed by atoms with Crippen LogP contribution in [0, 0.1) is 0 Å². The summed E-state index contributed by atoms with van der Waals surface area (Å²) in [5, 5.41) is 12.3. The van der Waals surface area contributed by atoms with E-state index in [1.807, 2.05) is 6.07 Å². The van der Waals surface area contributed by atoms with Gasteiger partial charge in [-0.15, -0.1) is 11.8 Å². The van der Waals surface area contributed by atoms with Gasteiger partial charge in [-0.2, -0.15) is 0 Å². The molecule has 0 bridgehead atoms. The molecular formula is C12H13Cl2NO3S. The number of benzene rings is 1. The zero-order valence-electron chi connectivity index (χ0n) is 9.99. The number of thioether (sulfide) groups is 1. The molecular weight excluding hydrogens is 309 g/mol. The minimum absolute atomic E-state index is 0.0730. The molecule has 19 heavy (non-hydrogen) atoms. The third-order valence-electron chi connectivity index (χ3n) is 2.19. The van der Waals surface area contributed by atoms with Gasteiger partial charge in [-0.1, -0.05) is 29.3 Å². The monoisotopic (exact) mass is 321 g/mol. The molecule has 0 aliphatic rings. The average molecular weight is 322 g/mol. The summed E-state index contributed by atoms with van der Waals surface area (Å²) in [6.45, 7) is 0.452. The highest BCUT2D eigenvalue weighted by molar-refractivity contribution is 8.00. The first-order valence-electron chi connectivity index (χ1n) is 5.49. The molecule has 0 fully saturated rings. The minimum Gasteiger partial charge on any atom is -0.481 e. The van der Waals surface area contributed by atoms with Gasteiger partial charge in [0.15, 0.2) is 0 Å². The number of amides is 1. The molecule has 4 nitrogen and oxygen atoms in total. The van der Waals surface area contributed by atoms with Crippen molar-refractivity contribution >= 4 is 46.8 Å². The van der Waals surface area contributed by atoms with Gasteiger partial charge >= 0.3 is 5.97 Å². The number of carbonyl (C=O) groups excluding carboxylic acids is 1. The Labute approximate surface area is 125 Å². The maximum absolute atomic E-state index is 11.4. The van der Waals surface area contributed by atoms with Crippen molar-refractivity contribution in [3.63, 3.8) is 0 Å². The zero-order valence-corrected chi connectivity index (χ0v) is 12.3. The van der Waals surface area contributed by atoms with E-state index in [1.54, 1.807) is 12.1 Å². The van der Waals surface area contributed by atoms with Crippen molar-refractivity contribution in [2.75, 3.05) is 18.1 Å². The molecule has 2 N–H and O–H groups in total. The maximum atomic E-state index is 11.4. The van der Waals surface area contributed by atoms with Crippen LogP contribution in [0.2, 0.25) is 10.0 Å². The molecule has 0 aliphatic carbocycles. The summed E-state index contributed by atoms with van der Waals surface area (Å²) in [5.74, 6) is -1.04. The molecule has 0 aromatic heterocycles. The van der Waals surface area contributed by atoms with Crippen molar-refractivity contribution in [2.45, 2.75) is 6.42 Å². The summed E-state index contributed by atoms with van der Waals surface area (Å²) < 4.78 is 0. The van der Waals surface area contributed by atoms with Crippen molar-refractivity contribution < 1.29 is 14.7 Å². The maximum Gasteiger partial charge on any atom is 0.313 e. The summed E-state index contributed by atoms with van der Waals surface area (Å²) in [4.78, 5) is 21.6. The zero-order chi connectivity index (χ0) is 14.3. The Hall–Kier alpha value is -0.910. The molecule has 0 aliphatic heterocycles. The topological polar surface area (TPSA) is 66.4 Å². The molecule has 1 rings (SSSR count). The third kappa shape index (κ3) is 6.71. The lowest BCUT2D eigenvalue weighted by atomic mass is 10.1. The standard InChI is InChI=1S/C12H13Cl2NO3S/c13-9-2-1-8(10(14)5-9)3-4-15-11(16)6-19-7-12(17)18/h1-2,5H,3-4,6-7H2,(H,15,16)(H,17,18). The van der Waals surface area contributed by atoms with E-state index in [9.17, 15) is 9.59 Å². The molecule has 1 aromatic carbocycles. The van der Waals surface area contributed by atoms with E-state index in [0.29, 0.717) is 23.0 Å². The normalized spacial score (nSPS) is 10.2. The van der Waals surface area contributed by atoms with Crippen molar-refractivity contribution in [1.29, 1.82) is 0 Å². The Morgan fingerprint density at radius 2 is 2.00 bits per heavy atom. The predicted octanol–water partition coefficient (Wildman–Crippen LogP) is 2.47. The van der Waals surface area contributed by atoms with Crippen LogP contribution in [-0.4, -0.2) is 35.0 Å². The first kappa shape index (κ1) is 16.1. The molecule has 1 aromatic rings. The highest BCUT2D eigenvalue weighted by atomic mass is 35.5. The van der Waals surface area contributed by atoms with E-state index < -0.39 is 5.97 Å². The number of carboxylic acids is 1. The molecule has 0 spiro atoms. The molecule has 1 amide bonds. The number of rotatable bonds is 7. The van der Waals surface area contributed by atoms with E-state index in [1.165, 1.54) is 0 Å². The van der Waals surface area contributed by atoms with Crippen molar-refractivity contribution in [3.8, 4) is 0 Å². The summed E-state index contributed by atoms with van der Waals surface area (Å²) >= 11 is 12.8. The number of hydrogen-bond acceptors (Lipinski definition) is 3. The molecule has 0 saturated carbocycles. The largest absolute Gasteiger partial charge is 0.481 e. The number of carbonyl (C=O) groups is 2. The van der Waals surface area contributed by atoms with Crippen molar-refractivity contribution in [3.05, 3.63) is 33.8 Å². The summed E-state index contributed by atoms with van der Waals surface area (Å²) in [6, 6.07) is 5.21. The van der Waals surface area contributed by atoms with E-state index in [4.69, 9.17) is 28.3 Å². The molecule has 0 radical (unpaired) electrons. The van der Waals surface area contributed by atoms with Gasteiger partial charge in [0.1, 0.15) is 0 Å². The van der Waals surface area contributed by atoms with Gasteiger partial charge in [0.25, 0.3) is 0 Å². The van der Waals surface area contributed by atoms with Gasteiger partial charge in [0, 0.05) is 16.6 Å². The number of halogens is 2. The number of aliphatic carboxylic acids is 1. The summed E-state index contributed by atoms with van der Waals surface area (Å²) in [5.41, 5.74) is 0.907. The van der Waals surface area contributed by atoms with Gasteiger partial charge in [-0.05, 0) is 24.1 Å². The van der Waals surface area contributed by atoms with E-state index in [-0.39, 0.29) is 17.4 Å². The van der Waals surface area contributed by atoms with Gasteiger partial charge in [0.05, 0.1) is 11.5 Å². The highest BCUT2D eigenvalue weighted by Gasteiger charge is 2.05. The van der Waals surface area contributed by atoms with Gasteiger partial charge in [-0.25, -0.2) is 0 Å². The van der Waals surface area contributed by atoms with Crippen LogP contribution in [0.5, 0.6) is 0 Å². The third-order valence-corrected chi connectivity index (χ3v) is 3.69. The lowest BCUT2D eigenvalue weighted by Gasteiger charge is -2.06. The lowest BCUT2D eigenvalue weighted by Crippen LogP contribution is -2.27. The molecule has 0 heterocycles. The first-order chi connectivity index (χ1) is 8.99. The van der Waals surface area contributed by atoms with Crippen LogP contribution in [0.25, 0.3) is 0 Å². The summed E-state index contributed by atoms with van der Waals surface area (Å²) in [7, 11) is 0. The molecule has 0 unspecified atom stereocenters. The molecule has 0 atom stereocenters. The fourth-order valence-electron chi connectivity index (χ4n) is 1.34. The molecule has 7 heteroatoms. The number of nitrogens with one attached hydrogen (secondary N) is 1. The SMILES string of the molecule is O=C(O)CSCC(=O)NCCc1ccc(Cl)cc1Cl. The highest BCUT2D eigenvalue weighted by Crippen LogP contribution is 2.20. The molecule has 104 valence electrons. The van der Waals surface area contributed by atoms with Gasteiger partial charge in [0.2, 0.25) is 5.91 Å². The van der Waals surface area contributed by atoms with E-state index in [2.05, 4.69) is 5.32 Å². The fourth-order valence-corrected chi connectivity index (χ4v) is 2.41. The van der Waals surface area contributed by atoms with Crippen LogP contribution >= 0.6 is 35.0 Å². The second kappa shape index (κ2) is 8.30. The fraction of sp³-hybridized carbons (Fsp3) is 0.333.